The molecule has 0 aliphatic rings. The van der Waals surface area contributed by atoms with Gasteiger partial charge in [0.05, 0.1) is 5.52 Å². The van der Waals surface area contributed by atoms with Gasteiger partial charge in [-0.05, 0) is 52.2 Å². The number of nitrogens with zero attached hydrogens (tertiary/aromatic N) is 2. The van der Waals surface area contributed by atoms with E-state index >= 15 is 0 Å². The number of hydrogen-bond donors (Lipinski definition) is 0. The van der Waals surface area contributed by atoms with E-state index in [9.17, 15) is 4.79 Å². The second-order valence-electron chi connectivity index (χ2n) is 4.95. The molecule has 0 fully saturated rings. The normalized spacial score (nSPS) is 10.8. The van der Waals surface area contributed by atoms with E-state index in [-0.39, 0.29) is 5.78 Å². The van der Waals surface area contributed by atoms with Gasteiger partial charge in [0.2, 0.25) is 0 Å². The van der Waals surface area contributed by atoms with Crippen molar-refractivity contribution in [3.05, 3.63) is 70.1 Å². The molecule has 0 radical (unpaired) electrons. The zero-order chi connectivity index (χ0) is 14.8. The highest BCUT2D eigenvalue weighted by molar-refractivity contribution is 9.10. The highest BCUT2D eigenvalue weighted by atomic mass is 79.9. The molecule has 1 aromatic carbocycles. The molecule has 0 saturated carbocycles. The summed E-state index contributed by atoms with van der Waals surface area (Å²) in [4.78, 5) is 21.0. The summed E-state index contributed by atoms with van der Waals surface area (Å²) in [5, 5.41) is 1.08. The molecule has 3 aromatic rings. The summed E-state index contributed by atoms with van der Waals surface area (Å²) in [6, 6.07) is 11.6. The van der Waals surface area contributed by atoms with E-state index in [2.05, 4.69) is 25.9 Å². The predicted octanol–water partition coefficient (Wildman–Crippen LogP) is 4.13. The summed E-state index contributed by atoms with van der Waals surface area (Å²) in [5.74, 6) is 0.00348. The zero-order valence-electron chi connectivity index (χ0n) is 11.5. The van der Waals surface area contributed by atoms with Crippen LogP contribution < -0.4 is 0 Å². The molecule has 2 heterocycles. The summed E-state index contributed by atoms with van der Waals surface area (Å²) in [6.45, 7) is 2.00. The fourth-order valence-electron chi connectivity index (χ4n) is 2.32. The Balaban J connectivity index is 1.94. The fourth-order valence-corrected chi connectivity index (χ4v) is 2.73. The molecular formula is C17H13BrN2O. The number of hydrogen-bond acceptors (Lipinski definition) is 3. The number of pyridine rings is 2. The molecule has 0 aliphatic carbocycles. The SMILES string of the molecule is Cc1cc(C(=O)Cc2cncc(Br)c2)nc2ccccc12. The van der Waals surface area contributed by atoms with Gasteiger partial charge in [0.1, 0.15) is 5.69 Å². The van der Waals surface area contributed by atoms with Gasteiger partial charge in [-0.2, -0.15) is 0 Å². The van der Waals surface area contributed by atoms with Crippen LogP contribution in [0.4, 0.5) is 0 Å². The number of rotatable bonds is 3. The number of halogens is 1. The van der Waals surface area contributed by atoms with Gasteiger partial charge >= 0.3 is 0 Å². The molecule has 0 aliphatic heterocycles. The fraction of sp³-hybridized carbons (Fsp3) is 0.118. The average molecular weight is 341 g/mol. The van der Waals surface area contributed by atoms with Gasteiger partial charge in [-0.25, -0.2) is 4.98 Å². The molecule has 0 atom stereocenters. The van der Waals surface area contributed by atoms with Gasteiger partial charge in [0.25, 0.3) is 0 Å². The number of carbonyl (C=O) groups excluding carboxylic acids is 1. The monoisotopic (exact) mass is 340 g/mol. The van der Waals surface area contributed by atoms with Gasteiger partial charge in [-0.3, -0.25) is 9.78 Å². The standard InChI is InChI=1S/C17H13BrN2O/c1-11-6-16(20-15-5-3-2-4-14(11)15)17(21)8-12-7-13(18)10-19-9-12/h2-7,9-10H,8H2,1H3. The highest BCUT2D eigenvalue weighted by Gasteiger charge is 2.11. The van der Waals surface area contributed by atoms with Crippen molar-refractivity contribution >= 4 is 32.6 Å². The Bertz CT molecular complexity index is 830. The number of aryl methyl sites for hydroxylation is 1. The molecule has 4 heteroatoms. The van der Waals surface area contributed by atoms with Crippen LogP contribution in [0, 0.1) is 6.92 Å². The van der Waals surface area contributed by atoms with E-state index in [1.165, 1.54) is 0 Å². The van der Waals surface area contributed by atoms with E-state index in [0.717, 1.165) is 26.5 Å². The lowest BCUT2D eigenvalue weighted by Gasteiger charge is -2.06. The second kappa shape index (κ2) is 5.74. The minimum Gasteiger partial charge on any atom is -0.292 e. The maximum Gasteiger partial charge on any atom is 0.185 e. The number of para-hydroxylation sites is 1. The molecule has 2 aromatic heterocycles. The van der Waals surface area contributed by atoms with E-state index in [4.69, 9.17) is 0 Å². The smallest absolute Gasteiger partial charge is 0.185 e. The Kier molecular flexibility index (Phi) is 3.80. The van der Waals surface area contributed by atoms with Gasteiger partial charge in [0, 0.05) is 28.7 Å². The molecule has 0 N–H and O–H groups in total. The Morgan fingerprint density at radius 2 is 2.00 bits per heavy atom. The summed E-state index contributed by atoms with van der Waals surface area (Å²) < 4.78 is 0.871. The lowest BCUT2D eigenvalue weighted by molar-refractivity contribution is 0.0988. The van der Waals surface area contributed by atoms with Crippen molar-refractivity contribution in [2.45, 2.75) is 13.3 Å². The van der Waals surface area contributed by atoms with Crippen LogP contribution in [0.15, 0.2) is 53.3 Å². The molecular weight excluding hydrogens is 328 g/mol. The molecule has 0 saturated heterocycles. The highest BCUT2D eigenvalue weighted by Crippen LogP contribution is 2.19. The zero-order valence-corrected chi connectivity index (χ0v) is 13.1. The largest absolute Gasteiger partial charge is 0.292 e. The molecule has 0 amide bonds. The molecule has 0 bridgehead atoms. The van der Waals surface area contributed by atoms with Crippen molar-refractivity contribution in [3.63, 3.8) is 0 Å². The van der Waals surface area contributed by atoms with E-state index in [1.54, 1.807) is 12.4 Å². The Hall–Kier alpha value is -2.07. The first-order valence-corrected chi connectivity index (χ1v) is 7.42. The van der Waals surface area contributed by atoms with Crippen LogP contribution in [0.1, 0.15) is 21.6 Å². The number of ketones is 1. The molecule has 0 spiro atoms. The van der Waals surface area contributed by atoms with Crippen LogP contribution >= 0.6 is 15.9 Å². The first kappa shape index (κ1) is 13.9. The van der Waals surface area contributed by atoms with E-state index in [0.29, 0.717) is 12.1 Å². The maximum atomic E-state index is 12.4. The number of carbonyl (C=O) groups is 1. The van der Waals surface area contributed by atoms with Crippen LogP contribution in [0.2, 0.25) is 0 Å². The molecule has 3 nitrogen and oxygen atoms in total. The first-order chi connectivity index (χ1) is 10.1. The van der Waals surface area contributed by atoms with Crippen molar-refractivity contribution in [1.82, 2.24) is 9.97 Å². The van der Waals surface area contributed by atoms with Crippen molar-refractivity contribution in [2.24, 2.45) is 0 Å². The minimum absolute atomic E-state index is 0.00348. The van der Waals surface area contributed by atoms with Crippen molar-refractivity contribution in [3.8, 4) is 0 Å². The van der Waals surface area contributed by atoms with Crippen LogP contribution in [-0.4, -0.2) is 15.8 Å². The topological polar surface area (TPSA) is 42.9 Å². The number of fused-ring (bicyclic) bond motifs is 1. The minimum atomic E-state index is 0.00348. The number of aromatic nitrogens is 2. The number of Topliss-reactive ketones (excluding diaryl/α,β-unsaturated/α-hetero) is 1. The second-order valence-corrected chi connectivity index (χ2v) is 5.87. The lowest BCUT2D eigenvalue weighted by atomic mass is 10.0. The third kappa shape index (κ3) is 3.00. The Labute approximate surface area is 131 Å². The van der Waals surface area contributed by atoms with Crippen LogP contribution in [0.3, 0.4) is 0 Å². The molecule has 3 rings (SSSR count). The number of benzene rings is 1. The van der Waals surface area contributed by atoms with E-state index < -0.39 is 0 Å². The first-order valence-electron chi connectivity index (χ1n) is 6.62. The van der Waals surface area contributed by atoms with Crippen LogP contribution in [-0.2, 0) is 6.42 Å². The third-order valence-electron chi connectivity index (χ3n) is 3.33. The summed E-state index contributed by atoms with van der Waals surface area (Å²) in [6.07, 6.45) is 3.71. The summed E-state index contributed by atoms with van der Waals surface area (Å²) in [7, 11) is 0. The van der Waals surface area contributed by atoms with Gasteiger partial charge in [0.15, 0.2) is 5.78 Å². The average Bonchev–Trinajstić information content (AvgIpc) is 2.47. The predicted molar refractivity (Wildman–Crippen MR) is 86.5 cm³/mol. The molecule has 0 unspecified atom stereocenters. The quantitative estimate of drug-likeness (QED) is 0.673. The maximum absolute atomic E-state index is 12.4. The summed E-state index contributed by atoms with van der Waals surface area (Å²) >= 11 is 3.36. The van der Waals surface area contributed by atoms with Gasteiger partial charge in [-0.1, -0.05) is 18.2 Å². The van der Waals surface area contributed by atoms with Gasteiger partial charge in [-0.15, -0.1) is 0 Å². The van der Waals surface area contributed by atoms with Gasteiger partial charge < -0.3 is 0 Å². The van der Waals surface area contributed by atoms with Crippen LogP contribution in [0.5, 0.6) is 0 Å². The van der Waals surface area contributed by atoms with Crippen molar-refractivity contribution in [1.29, 1.82) is 0 Å². The molecule has 21 heavy (non-hydrogen) atoms. The Morgan fingerprint density at radius 3 is 2.81 bits per heavy atom. The van der Waals surface area contributed by atoms with Crippen molar-refractivity contribution in [2.75, 3.05) is 0 Å². The van der Waals surface area contributed by atoms with E-state index in [1.807, 2.05) is 43.3 Å². The summed E-state index contributed by atoms with van der Waals surface area (Å²) in [5.41, 5.74) is 3.30. The van der Waals surface area contributed by atoms with Crippen molar-refractivity contribution < 1.29 is 4.79 Å². The van der Waals surface area contributed by atoms with Crippen LogP contribution in [0.25, 0.3) is 10.9 Å². The molecule has 104 valence electrons. The Morgan fingerprint density at radius 1 is 1.19 bits per heavy atom. The third-order valence-corrected chi connectivity index (χ3v) is 3.77. The lowest BCUT2D eigenvalue weighted by Crippen LogP contribution is -2.07.